The highest BCUT2D eigenvalue weighted by Crippen LogP contribution is 2.16. The summed E-state index contributed by atoms with van der Waals surface area (Å²) in [5.74, 6) is 0.0589. The Hall–Kier alpha value is -1.11. The number of halogens is 1. The van der Waals surface area contributed by atoms with Gasteiger partial charge in [0.1, 0.15) is 0 Å². The summed E-state index contributed by atoms with van der Waals surface area (Å²) < 4.78 is 27.2. The molecule has 0 aliphatic carbocycles. The van der Waals surface area contributed by atoms with Crippen LogP contribution in [0.4, 0.5) is 0 Å². The van der Waals surface area contributed by atoms with Gasteiger partial charge in [0.25, 0.3) is 9.05 Å². The zero-order valence-corrected chi connectivity index (χ0v) is 13.8. The molecule has 21 heavy (non-hydrogen) atoms. The third-order valence-corrected chi connectivity index (χ3v) is 4.50. The largest absolute Gasteiger partial charge is 0.383 e. The van der Waals surface area contributed by atoms with Gasteiger partial charge in [-0.05, 0) is 31.0 Å². The number of carbonyl (C=O) groups excluding carboxylic acids is 1. The van der Waals surface area contributed by atoms with Gasteiger partial charge >= 0.3 is 0 Å². The van der Waals surface area contributed by atoms with Crippen LogP contribution < -0.4 is 0 Å². The quantitative estimate of drug-likeness (QED) is 0.683. The minimum atomic E-state index is -3.70. The number of carbonyl (C=O) groups is 1. The first kappa shape index (κ1) is 17.9. The third-order valence-electron chi connectivity index (χ3n) is 3.13. The van der Waals surface area contributed by atoms with Crippen LogP contribution in [0.2, 0.25) is 0 Å². The lowest BCUT2D eigenvalue weighted by atomic mass is 10.1. The molecule has 0 radical (unpaired) electrons. The van der Waals surface area contributed by atoms with Crippen LogP contribution >= 0.6 is 10.7 Å². The Bertz CT molecular complexity index is 557. The zero-order chi connectivity index (χ0) is 15.9. The number of rotatable bonds is 8. The minimum absolute atomic E-state index is 0.0589. The average molecular weight is 334 g/mol. The predicted octanol–water partition coefficient (Wildman–Crippen LogP) is 2.04. The molecular weight excluding hydrogens is 314 g/mol. The summed E-state index contributed by atoms with van der Waals surface area (Å²) in [5, 5.41) is 0. The van der Waals surface area contributed by atoms with Crippen LogP contribution in [0.5, 0.6) is 0 Å². The van der Waals surface area contributed by atoms with Gasteiger partial charge in [0.15, 0.2) is 0 Å². The Labute approximate surface area is 130 Å². The number of amides is 1. The van der Waals surface area contributed by atoms with Crippen LogP contribution in [0, 0.1) is 0 Å². The van der Waals surface area contributed by atoms with E-state index < -0.39 is 9.05 Å². The van der Waals surface area contributed by atoms with E-state index in [0.717, 1.165) is 5.56 Å². The number of methoxy groups -OCH3 is 1. The van der Waals surface area contributed by atoms with Gasteiger partial charge in [-0.25, -0.2) is 8.42 Å². The highest BCUT2D eigenvalue weighted by Gasteiger charge is 2.12. The molecule has 1 amide bonds. The smallest absolute Gasteiger partial charge is 0.261 e. The molecule has 0 heterocycles. The van der Waals surface area contributed by atoms with E-state index in [1.54, 1.807) is 24.1 Å². The van der Waals surface area contributed by atoms with Crippen LogP contribution in [-0.4, -0.2) is 46.0 Å². The molecule has 0 unspecified atom stereocenters. The van der Waals surface area contributed by atoms with Crippen molar-refractivity contribution in [2.24, 2.45) is 0 Å². The fourth-order valence-electron chi connectivity index (χ4n) is 1.89. The van der Waals surface area contributed by atoms with E-state index in [-0.39, 0.29) is 10.8 Å². The fourth-order valence-corrected chi connectivity index (χ4v) is 2.66. The summed E-state index contributed by atoms with van der Waals surface area (Å²) in [6, 6.07) is 6.25. The molecule has 0 bridgehead atoms. The van der Waals surface area contributed by atoms with E-state index in [1.807, 2.05) is 6.92 Å². The van der Waals surface area contributed by atoms with Crippen molar-refractivity contribution in [2.75, 3.05) is 26.8 Å². The Balaban J connectivity index is 2.56. The second-order valence-corrected chi connectivity index (χ2v) is 7.11. The molecule has 118 valence electrons. The second kappa shape index (κ2) is 8.36. The van der Waals surface area contributed by atoms with Gasteiger partial charge in [0.05, 0.1) is 11.5 Å². The highest BCUT2D eigenvalue weighted by atomic mass is 35.7. The summed E-state index contributed by atoms with van der Waals surface area (Å²) in [4.78, 5) is 13.8. The van der Waals surface area contributed by atoms with Crippen molar-refractivity contribution < 1.29 is 17.9 Å². The van der Waals surface area contributed by atoms with Crippen LogP contribution in [0.15, 0.2) is 29.2 Å². The van der Waals surface area contributed by atoms with E-state index in [9.17, 15) is 13.2 Å². The Morgan fingerprint density at radius 1 is 1.29 bits per heavy atom. The molecule has 0 saturated carbocycles. The Kier molecular flexibility index (Phi) is 7.14. The lowest BCUT2D eigenvalue weighted by molar-refractivity contribution is -0.131. The van der Waals surface area contributed by atoms with Crippen molar-refractivity contribution >= 4 is 25.6 Å². The molecule has 1 rings (SSSR count). The lowest BCUT2D eigenvalue weighted by Gasteiger charge is -2.20. The first-order valence-corrected chi connectivity index (χ1v) is 8.99. The molecule has 0 fully saturated rings. The maximum absolute atomic E-state index is 12.0. The Morgan fingerprint density at radius 2 is 1.90 bits per heavy atom. The summed E-state index contributed by atoms with van der Waals surface area (Å²) >= 11 is 0. The number of hydrogen-bond donors (Lipinski definition) is 0. The number of ether oxygens (including phenoxy) is 1. The molecule has 7 heteroatoms. The summed E-state index contributed by atoms with van der Waals surface area (Å²) in [7, 11) is 3.15. The molecule has 0 N–H and O–H groups in total. The van der Waals surface area contributed by atoms with Gasteiger partial charge in [0, 0.05) is 37.3 Å². The molecule has 5 nitrogen and oxygen atoms in total. The van der Waals surface area contributed by atoms with Gasteiger partial charge in [-0.3, -0.25) is 4.79 Å². The number of likely N-dealkylation sites (N-methyl/N-ethyl adjacent to an activating group) is 1. The number of hydrogen-bond acceptors (Lipinski definition) is 4. The van der Waals surface area contributed by atoms with Crippen molar-refractivity contribution in [1.29, 1.82) is 0 Å². The standard InChI is InChI=1S/C14H20ClNO4S/c1-3-16(10-11-20-2)14(17)9-6-12-4-7-13(8-5-12)21(15,18)19/h4-5,7-8H,3,6,9-11H2,1-2H3. The van der Waals surface area contributed by atoms with Crippen LogP contribution in [0.25, 0.3) is 0 Å². The minimum Gasteiger partial charge on any atom is -0.383 e. The van der Waals surface area contributed by atoms with Gasteiger partial charge < -0.3 is 9.64 Å². The van der Waals surface area contributed by atoms with Crippen molar-refractivity contribution in [1.82, 2.24) is 4.90 Å². The highest BCUT2D eigenvalue weighted by molar-refractivity contribution is 8.13. The molecule has 0 aromatic heterocycles. The van der Waals surface area contributed by atoms with E-state index in [1.165, 1.54) is 12.1 Å². The van der Waals surface area contributed by atoms with Crippen LogP contribution in [0.3, 0.4) is 0 Å². The monoisotopic (exact) mass is 333 g/mol. The fraction of sp³-hybridized carbons (Fsp3) is 0.500. The molecule has 1 aromatic rings. The first-order valence-electron chi connectivity index (χ1n) is 6.68. The molecule has 0 spiro atoms. The average Bonchev–Trinajstić information content (AvgIpc) is 2.45. The molecular formula is C14H20ClNO4S. The van der Waals surface area contributed by atoms with E-state index in [4.69, 9.17) is 15.4 Å². The molecule has 0 aliphatic heterocycles. The van der Waals surface area contributed by atoms with Gasteiger partial charge in [-0.15, -0.1) is 0 Å². The zero-order valence-electron chi connectivity index (χ0n) is 12.2. The number of nitrogens with zero attached hydrogens (tertiary/aromatic N) is 1. The lowest BCUT2D eigenvalue weighted by Crippen LogP contribution is -2.33. The predicted molar refractivity (Wildman–Crippen MR) is 81.9 cm³/mol. The first-order chi connectivity index (χ1) is 9.88. The molecule has 0 aliphatic rings. The normalized spacial score (nSPS) is 11.4. The Morgan fingerprint density at radius 3 is 2.38 bits per heavy atom. The SMILES string of the molecule is CCN(CCOC)C(=O)CCc1ccc(S(=O)(=O)Cl)cc1. The number of benzene rings is 1. The van der Waals surface area contributed by atoms with Gasteiger partial charge in [0.2, 0.25) is 5.91 Å². The maximum Gasteiger partial charge on any atom is 0.261 e. The van der Waals surface area contributed by atoms with E-state index >= 15 is 0 Å². The van der Waals surface area contributed by atoms with E-state index in [0.29, 0.717) is 32.5 Å². The topological polar surface area (TPSA) is 63.7 Å². The van der Waals surface area contributed by atoms with Crippen molar-refractivity contribution in [3.05, 3.63) is 29.8 Å². The van der Waals surface area contributed by atoms with Crippen LogP contribution in [0.1, 0.15) is 18.9 Å². The third kappa shape index (κ3) is 6.03. The maximum atomic E-state index is 12.0. The summed E-state index contributed by atoms with van der Waals surface area (Å²) in [5.41, 5.74) is 0.898. The van der Waals surface area contributed by atoms with E-state index in [2.05, 4.69) is 0 Å². The summed E-state index contributed by atoms with van der Waals surface area (Å²) in [6.45, 7) is 3.66. The van der Waals surface area contributed by atoms with Crippen LogP contribution in [-0.2, 0) is 25.0 Å². The van der Waals surface area contributed by atoms with Gasteiger partial charge in [-0.1, -0.05) is 12.1 Å². The van der Waals surface area contributed by atoms with Gasteiger partial charge in [-0.2, -0.15) is 0 Å². The number of aryl methyl sites for hydroxylation is 1. The second-order valence-electron chi connectivity index (χ2n) is 4.55. The van der Waals surface area contributed by atoms with Crippen molar-refractivity contribution in [2.45, 2.75) is 24.7 Å². The van der Waals surface area contributed by atoms with Crippen molar-refractivity contribution in [3.63, 3.8) is 0 Å². The molecule has 0 atom stereocenters. The molecule has 1 aromatic carbocycles. The van der Waals surface area contributed by atoms with Crippen molar-refractivity contribution in [3.8, 4) is 0 Å². The summed E-state index contributed by atoms with van der Waals surface area (Å²) in [6.07, 6.45) is 0.940. The molecule has 0 saturated heterocycles.